The third-order valence-electron chi connectivity index (χ3n) is 4.19. The Morgan fingerprint density at radius 1 is 1.18 bits per heavy atom. The topological polar surface area (TPSA) is 67.1 Å². The van der Waals surface area contributed by atoms with E-state index in [9.17, 15) is 0 Å². The Bertz CT molecular complexity index is 887. The van der Waals surface area contributed by atoms with E-state index in [0.717, 1.165) is 47.4 Å². The lowest BCUT2D eigenvalue weighted by Gasteiger charge is -2.11. The summed E-state index contributed by atoms with van der Waals surface area (Å²) in [5.41, 5.74) is 4.43. The first-order valence-corrected chi connectivity index (χ1v) is 9.99. The number of aliphatic imine (C=N–C) groups is 1. The molecule has 0 saturated heterocycles. The van der Waals surface area contributed by atoms with Gasteiger partial charge in [-0.2, -0.15) is 5.10 Å². The summed E-state index contributed by atoms with van der Waals surface area (Å²) in [5.74, 6) is 0.792. The fraction of sp³-hybridized carbons (Fsp3) is 0.350. The van der Waals surface area contributed by atoms with Gasteiger partial charge in [0.15, 0.2) is 5.96 Å². The van der Waals surface area contributed by atoms with Gasteiger partial charge in [-0.3, -0.25) is 9.67 Å². The molecule has 28 heavy (non-hydrogen) atoms. The van der Waals surface area contributed by atoms with Crippen LogP contribution in [0.15, 0.2) is 46.8 Å². The molecule has 0 fully saturated rings. The van der Waals surface area contributed by atoms with Gasteiger partial charge in [-0.15, -0.1) is 35.3 Å². The summed E-state index contributed by atoms with van der Waals surface area (Å²) in [6, 6.07) is 12.3. The molecule has 3 rings (SSSR count). The van der Waals surface area contributed by atoms with E-state index in [0.29, 0.717) is 6.54 Å². The van der Waals surface area contributed by atoms with Crippen LogP contribution in [0, 0.1) is 13.8 Å². The molecule has 0 bridgehead atoms. The van der Waals surface area contributed by atoms with Gasteiger partial charge >= 0.3 is 0 Å². The normalized spacial score (nSPS) is 11.2. The Hall–Kier alpha value is -1.94. The van der Waals surface area contributed by atoms with Gasteiger partial charge in [-0.1, -0.05) is 30.3 Å². The van der Waals surface area contributed by atoms with Crippen molar-refractivity contribution >= 4 is 41.3 Å². The lowest BCUT2D eigenvalue weighted by molar-refractivity contribution is 0.555. The Kier molecular flexibility index (Phi) is 8.91. The number of nitrogens with zero attached hydrogens (tertiary/aromatic N) is 4. The van der Waals surface area contributed by atoms with E-state index in [1.807, 2.05) is 29.8 Å². The SMILES string of the molecule is CN=C(NCCCn1nc(C)cc1C)NCc1nc(-c2ccccc2)cs1.I. The number of nitrogens with one attached hydrogen (secondary N) is 2. The van der Waals surface area contributed by atoms with Crippen molar-refractivity contribution in [1.29, 1.82) is 0 Å². The zero-order valence-corrected chi connectivity index (χ0v) is 19.6. The minimum Gasteiger partial charge on any atom is -0.356 e. The molecule has 0 radical (unpaired) electrons. The molecule has 0 saturated carbocycles. The summed E-state index contributed by atoms with van der Waals surface area (Å²) in [6.45, 7) is 6.51. The van der Waals surface area contributed by atoms with Crippen LogP contribution in [0.4, 0.5) is 0 Å². The minimum atomic E-state index is 0. The number of benzene rings is 1. The molecule has 0 aliphatic rings. The Morgan fingerprint density at radius 3 is 2.64 bits per heavy atom. The summed E-state index contributed by atoms with van der Waals surface area (Å²) in [7, 11) is 1.79. The van der Waals surface area contributed by atoms with Gasteiger partial charge in [0.1, 0.15) is 5.01 Å². The van der Waals surface area contributed by atoms with Crippen molar-refractivity contribution in [2.24, 2.45) is 4.99 Å². The van der Waals surface area contributed by atoms with Gasteiger partial charge in [0.05, 0.1) is 17.9 Å². The van der Waals surface area contributed by atoms with Crippen LogP contribution in [0.2, 0.25) is 0 Å². The third kappa shape index (κ3) is 6.30. The number of aryl methyl sites for hydroxylation is 3. The minimum absolute atomic E-state index is 0. The molecule has 1 aromatic carbocycles. The van der Waals surface area contributed by atoms with Crippen molar-refractivity contribution in [1.82, 2.24) is 25.4 Å². The van der Waals surface area contributed by atoms with E-state index in [1.165, 1.54) is 5.69 Å². The number of rotatable bonds is 7. The van der Waals surface area contributed by atoms with E-state index < -0.39 is 0 Å². The average molecular weight is 510 g/mol. The quantitative estimate of drug-likeness (QED) is 0.218. The molecule has 6 nitrogen and oxygen atoms in total. The molecule has 150 valence electrons. The molecule has 0 atom stereocenters. The highest BCUT2D eigenvalue weighted by Crippen LogP contribution is 2.21. The second-order valence-electron chi connectivity index (χ2n) is 6.35. The molecule has 2 heterocycles. The number of halogens is 1. The summed E-state index contributed by atoms with van der Waals surface area (Å²) in [6.07, 6.45) is 0.984. The predicted octanol–water partition coefficient (Wildman–Crippen LogP) is 4.00. The highest BCUT2D eigenvalue weighted by atomic mass is 127. The van der Waals surface area contributed by atoms with Crippen LogP contribution in [-0.4, -0.2) is 34.3 Å². The number of thiazole rings is 1. The van der Waals surface area contributed by atoms with Gasteiger partial charge in [-0.05, 0) is 26.3 Å². The number of hydrogen-bond donors (Lipinski definition) is 2. The van der Waals surface area contributed by atoms with E-state index >= 15 is 0 Å². The largest absolute Gasteiger partial charge is 0.356 e. The lowest BCUT2D eigenvalue weighted by Crippen LogP contribution is -2.37. The third-order valence-corrected chi connectivity index (χ3v) is 5.04. The van der Waals surface area contributed by atoms with Gasteiger partial charge in [0, 0.05) is 36.8 Å². The molecular formula is C20H27IN6S. The Morgan fingerprint density at radius 2 is 1.96 bits per heavy atom. The van der Waals surface area contributed by atoms with Crippen LogP contribution in [0.5, 0.6) is 0 Å². The van der Waals surface area contributed by atoms with Crippen molar-refractivity contribution in [2.75, 3.05) is 13.6 Å². The standard InChI is InChI=1S/C20H26N6S.HI/c1-15-12-16(2)26(25-15)11-7-10-22-20(21-3)23-13-19-24-18(14-27-19)17-8-5-4-6-9-17;/h4-6,8-9,12,14H,7,10-11,13H2,1-3H3,(H2,21,22,23);1H. The number of hydrogen-bond acceptors (Lipinski definition) is 4. The second-order valence-corrected chi connectivity index (χ2v) is 7.29. The summed E-state index contributed by atoms with van der Waals surface area (Å²) >= 11 is 1.66. The van der Waals surface area contributed by atoms with Crippen LogP contribution >= 0.6 is 35.3 Å². The van der Waals surface area contributed by atoms with Crippen LogP contribution in [0.1, 0.15) is 22.8 Å². The van der Waals surface area contributed by atoms with Crippen LogP contribution in [0.25, 0.3) is 11.3 Å². The Labute approximate surface area is 187 Å². The lowest BCUT2D eigenvalue weighted by atomic mass is 10.2. The molecule has 0 aliphatic carbocycles. The zero-order valence-electron chi connectivity index (χ0n) is 16.5. The maximum absolute atomic E-state index is 4.70. The van der Waals surface area contributed by atoms with E-state index in [4.69, 9.17) is 4.98 Å². The van der Waals surface area contributed by atoms with Crippen LogP contribution < -0.4 is 10.6 Å². The zero-order chi connectivity index (χ0) is 19.1. The fourth-order valence-electron chi connectivity index (χ4n) is 2.85. The maximum atomic E-state index is 4.70. The summed E-state index contributed by atoms with van der Waals surface area (Å²) in [4.78, 5) is 8.98. The number of aromatic nitrogens is 3. The molecule has 8 heteroatoms. The highest BCUT2D eigenvalue weighted by molar-refractivity contribution is 14.0. The first-order chi connectivity index (χ1) is 13.2. The van der Waals surface area contributed by atoms with E-state index in [1.54, 1.807) is 18.4 Å². The molecule has 0 spiro atoms. The predicted molar refractivity (Wildman–Crippen MR) is 127 cm³/mol. The fourth-order valence-corrected chi connectivity index (χ4v) is 3.59. The van der Waals surface area contributed by atoms with E-state index in [-0.39, 0.29) is 24.0 Å². The summed E-state index contributed by atoms with van der Waals surface area (Å²) < 4.78 is 2.05. The van der Waals surface area contributed by atoms with Gasteiger partial charge < -0.3 is 10.6 Å². The average Bonchev–Trinajstić information content (AvgIpc) is 3.28. The number of guanidine groups is 1. The Balaban J connectivity index is 0.00000280. The van der Waals surface area contributed by atoms with Crippen LogP contribution in [0.3, 0.4) is 0 Å². The first-order valence-electron chi connectivity index (χ1n) is 9.11. The molecule has 3 aromatic rings. The molecule has 2 aromatic heterocycles. The molecule has 0 unspecified atom stereocenters. The van der Waals surface area contributed by atoms with Gasteiger partial charge in [-0.25, -0.2) is 4.98 Å². The van der Waals surface area contributed by atoms with Gasteiger partial charge in [0.25, 0.3) is 0 Å². The van der Waals surface area contributed by atoms with Crippen molar-refractivity contribution in [3.8, 4) is 11.3 Å². The maximum Gasteiger partial charge on any atom is 0.191 e. The van der Waals surface area contributed by atoms with Gasteiger partial charge in [0.2, 0.25) is 0 Å². The van der Waals surface area contributed by atoms with E-state index in [2.05, 4.69) is 51.2 Å². The monoisotopic (exact) mass is 510 g/mol. The van der Waals surface area contributed by atoms with Crippen molar-refractivity contribution in [2.45, 2.75) is 33.4 Å². The van der Waals surface area contributed by atoms with Crippen LogP contribution in [-0.2, 0) is 13.1 Å². The first kappa shape index (κ1) is 22.4. The van der Waals surface area contributed by atoms with Crippen molar-refractivity contribution in [3.05, 3.63) is 58.2 Å². The summed E-state index contributed by atoms with van der Waals surface area (Å²) in [5, 5.41) is 14.3. The molecule has 0 aliphatic heterocycles. The molecular weight excluding hydrogens is 483 g/mol. The second kappa shape index (κ2) is 11.2. The van der Waals surface area contributed by atoms with Crippen molar-refractivity contribution < 1.29 is 0 Å². The highest BCUT2D eigenvalue weighted by Gasteiger charge is 2.05. The van der Waals surface area contributed by atoms with Crippen molar-refractivity contribution in [3.63, 3.8) is 0 Å². The molecule has 0 amide bonds. The molecule has 2 N–H and O–H groups in total. The smallest absolute Gasteiger partial charge is 0.191 e.